The molecule has 4 heteroatoms. The SMILES string of the molecule is O=CNCCNCCO. The van der Waals surface area contributed by atoms with Crippen molar-refractivity contribution < 1.29 is 9.90 Å². The third-order valence-electron chi connectivity index (χ3n) is 0.818. The summed E-state index contributed by atoms with van der Waals surface area (Å²) in [5.74, 6) is 0. The average Bonchev–Trinajstić information content (AvgIpc) is 1.89. The zero-order valence-corrected chi connectivity index (χ0v) is 5.26. The van der Waals surface area contributed by atoms with Crippen LogP contribution in [0.2, 0.25) is 0 Å². The zero-order chi connectivity index (χ0) is 6.95. The molecule has 0 aromatic rings. The largest absolute Gasteiger partial charge is 0.395 e. The standard InChI is InChI=1S/C5H12N2O2/c8-4-3-6-1-2-7-5-9/h5-6,8H,1-4H2,(H,7,9). The number of aliphatic hydroxyl groups is 1. The van der Waals surface area contributed by atoms with Crippen molar-refractivity contribution in [3.63, 3.8) is 0 Å². The first-order valence-corrected chi connectivity index (χ1v) is 2.90. The Morgan fingerprint density at radius 1 is 1.33 bits per heavy atom. The minimum atomic E-state index is 0.140. The molecule has 4 nitrogen and oxygen atoms in total. The minimum absolute atomic E-state index is 0.140. The highest BCUT2D eigenvalue weighted by Crippen LogP contribution is 1.55. The lowest BCUT2D eigenvalue weighted by Gasteiger charge is -1.99. The first-order chi connectivity index (χ1) is 4.41. The molecule has 0 aromatic carbocycles. The molecule has 0 aliphatic carbocycles. The molecule has 0 unspecified atom stereocenters. The maximum absolute atomic E-state index is 9.65. The topological polar surface area (TPSA) is 61.4 Å². The average molecular weight is 132 g/mol. The van der Waals surface area contributed by atoms with Crippen LogP contribution < -0.4 is 10.6 Å². The van der Waals surface area contributed by atoms with E-state index in [0.717, 1.165) is 0 Å². The van der Waals surface area contributed by atoms with Crippen molar-refractivity contribution in [2.24, 2.45) is 0 Å². The van der Waals surface area contributed by atoms with Crippen LogP contribution in [0.1, 0.15) is 0 Å². The summed E-state index contributed by atoms with van der Waals surface area (Å²) in [6.45, 7) is 2.05. The van der Waals surface area contributed by atoms with Gasteiger partial charge in [0.2, 0.25) is 6.41 Å². The predicted octanol–water partition coefficient (Wildman–Crippen LogP) is -1.69. The van der Waals surface area contributed by atoms with Gasteiger partial charge in [-0.2, -0.15) is 0 Å². The molecule has 0 atom stereocenters. The van der Waals surface area contributed by atoms with Crippen molar-refractivity contribution in [3.05, 3.63) is 0 Å². The van der Waals surface area contributed by atoms with Crippen LogP contribution in [0.15, 0.2) is 0 Å². The second kappa shape index (κ2) is 7.39. The molecule has 0 saturated heterocycles. The summed E-state index contributed by atoms with van der Waals surface area (Å²) in [4.78, 5) is 9.65. The van der Waals surface area contributed by atoms with E-state index in [-0.39, 0.29) is 6.61 Å². The van der Waals surface area contributed by atoms with Gasteiger partial charge in [0.05, 0.1) is 6.61 Å². The fraction of sp³-hybridized carbons (Fsp3) is 0.800. The van der Waals surface area contributed by atoms with E-state index in [1.165, 1.54) is 0 Å². The smallest absolute Gasteiger partial charge is 0.207 e. The van der Waals surface area contributed by atoms with Crippen molar-refractivity contribution >= 4 is 6.41 Å². The van der Waals surface area contributed by atoms with Gasteiger partial charge in [-0.15, -0.1) is 0 Å². The molecule has 9 heavy (non-hydrogen) atoms. The Morgan fingerprint density at radius 2 is 2.11 bits per heavy atom. The minimum Gasteiger partial charge on any atom is -0.395 e. The molecule has 54 valence electrons. The number of carbonyl (C=O) groups excluding carboxylic acids is 1. The van der Waals surface area contributed by atoms with Crippen LogP contribution in [-0.4, -0.2) is 37.8 Å². The number of aliphatic hydroxyl groups excluding tert-OH is 1. The van der Waals surface area contributed by atoms with Gasteiger partial charge in [-0.05, 0) is 0 Å². The quantitative estimate of drug-likeness (QED) is 0.298. The van der Waals surface area contributed by atoms with Crippen LogP contribution in [0.4, 0.5) is 0 Å². The van der Waals surface area contributed by atoms with Gasteiger partial charge in [0.15, 0.2) is 0 Å². The fourth-order valence-electron chi connectivity index (χ4n) is 0.424. The van der Waals surface area contributed by atoms with Crippen LogP contribution in [0, 0.1) is 0 Å². The van der Waals surface area contributed by atoms with Crippen molar-refractivity contribution in [1.29, 1.82) is 0 Å². The molecule has 0 heterocycles. The summed E-state index contributed by atoms with van der Waals surface area (Å²) in [7, 11) is 0. The summed E-state index contributed by atoms with van der Waals surface area (Å²) in [5, 5.41) is 13.7. The van der Waals surface area contributed by atoms with Crippen LogP contribution >= 0.6 is 0 Å². The van der Waals surface area contributed by atoms with Gasteiger partial charge in [-0.25, -0.2) is 0 Å². The molecule has 0 saturated carbocycles. The number of rotatable bonds is 6. The lowest BCUT2D eigenvalue weighted by Crippen LogP contribution is -2.28. The molecule has 0 aliphatic rings. The van der Waals surface area contributed by atoms with Crippen molar-refractivity contribution in [2.45, 2.75) is 0 Å². The predicted molar refractivity (Wildman–Crippen MR) is 34.0 cm³/mol. The molecule has 0 spiro atoms. The first-order valence-electron chi connectivity index (χ1n) is 2.90. The summed E-state index contributed by atoms with van der Waals surface area (Å²) >= 11 is 0. The third kappa shape index (κ3) is 7.39. The molecule has 0 bridgehead atoms. The van der Waals surface area contributed by atoms with Gasteiger partial charge < -0.3 is 15.7 Å². The molecule has 0 fully saturated rings. The highest BCUT2D eigenvalue weighted by Gasteiger charge is 1.81. The number of amides is 1. The molecular formula is C5H12N2O2. The molecule has 0 aromatic heterocycles. The van der Waals surface area contributed by atoms with Gasteiger partial charge in [-0.3, -0.25) is 4.79 Å². The van der Waals surface area contributed by atoms with Gasteiger partial charge in [-0.1, -0.05) is 0 Å². The second-order valence-corrected chi connectivity index (χ2v) is 1.55. The van der Waals surface area contributed by atoms with Gasteiger partial charge in [0.1, 0.15) is 0 Å². The van der Waals surface area contributed by atoms with E-state index in [1.54, 1.807) is 0 Å². The second-order valence-electron chi connectivity index (χ2n) is 1.55. The number of nitrogens with one attached hydrogen (secondary N) is 2. The Labute approximate surface area is 54.3 Å². The van der Waals surface area contributed by atoms with E-state index in [2.05, 4.69) is 10.6 Å². The third-order valence-corrected chi connectivity index (χ3v) is 0.818. The summed E-state index contributed by atoms with van der Waals surface area (Å²) in [6, 6.07) is 0. The summed E-state index contributed by atoms with van der Waals surface area (Å²) < 4.78 is 0. The molecule has 0 aliphatic heterocycles. The van der Waals surface area contributed by atoms with Crippen molar-refractivity contribution in [1.82, 2.24) is 10.6 Å². The van der Waals surface area contributed by atoms with Crippen molar-refractivity contribution in [3.8, 4) is 0 Å². The van der Waals surface area contributed by atoms with Crippen LogP contribution in [-0.2, 0) is 4.79 Å². The highest BCUT2D eigenvalue weighted by atomic mass is 16.3. The van der Waals surface area contributed by atoms with Gasteiger partial charge in [0.25, 0.3) is 0 Å². The summed E-state index contributed by atoms with van der Waals surface area (Å²) in [5.41, 5.74) is 0. The lowest BCUT2D eigenvalue weighted by molar-refractivity contribution is -0.109. The number of hydrogen-bond acceptors (Lipinski definition) is 3. The molecular weight excluding hydrogens is 120 g/mol. The van der Waals surface area contributed by atoms with Crippen LogP contribution in [0.3, 0.4) is 0 Å². The molecule has 1 amide bonds. The maximum Gasteiger partial charge on any atom is 0.207 e. The Balaban J connectivity index is 2.66. The summed E-state index contributed by atoms with van der Waals surface area (Å²) in [6.07, 6.45) is 0.653. The maximum atomic E-state index is 9.65. The normalized spacial score (nSPS) is 9.00. The van der Waals surface area contributed by atoms with Crippen LogP contribution in [0.5, 0.6) is 0 Å². The number of carbonyl (C=O) groups is 1. The Hall–Kier alpha value is -0.610. The molecule has 0 radical (unpaired) electrons. The highest BCUT2D eigenvalue weighted by molar-refractivity contribution is 5.45. The Bertz CT molecular complexity index is 68.0. The lowest BCUT2D eigenvalue weighted by atomic mass is 10.6. The first kappa shape index (κ1) is 8.39. The van der Waals surface area contributed by atoms with E-state index in [4.69, 9.17) is 5.11 Å². The van der Waals surface area contributed by atoms with Crippen LogP contribution in [0.25, 0.3) is 0 Å². The Kier molecular flexibility index (Phi) is 6.89. The number of hydrogen-bond donors (Lipinski definition) is 3. The van der Waals surface area contributed by atoms with Crippen molar-refractivity contribution in [2.75, 3.05) is 26.2 Å². The van der Waals surface area contributed by atoms with Gasteiger partial charge in [0, 0.05) is 19.6 Å². The Morgan fingerprint density at radius 3 is 2.67 bits per heavy atom. The molecule has 0 rings (SSSR count). The van der Waals surface area contributed by atoms with E-state index in [0.29, 0.717) is 26.0 Å². The fourth-order valence-corrected chi connectivity index (χ4v) is 0.424. The van der Waals surface area contributed by atoms with Gasteiger partial charge >= 0.3 is 0 Å². The van der Waals surface area contributed by atoms with E-state index >= 15 is 0 Å². The monoisotopic (exact) mass is 132 g/mol. The molecule has 3 N–H and O–H groups in total. The van der Waals surface area contributed by atoms with E-state index in [9.17, 15) is 4.79 Å². The van der Waals surface area contributed by atoms with E-state index < -0.39 is 0 Å². The zero-order valence-electron chi connectivity index (χ0n) is 5.26. The van der Waals surface area contributed by atoms with E-state index in [1.807, 2.05) is 0 Å².